The maximum Gasteiger partial charge on any atom is 0.106 e. The summed E-state index contributed by atoms with van der Waals surface area (Å²) in [6.07, 6.45) is 0.760. The Morgan fingerprint density at radius 3 is 2.57 bits per heavy atom. The van der Waals surface area contributed by atoms with Crippen molar-refractivity contribution >= 4 is 15.9 Å². The minimum absolute atomic E-state index is 0.174. The number of pyridine rings is 1. The van der Waals surface area contributed by atoms with Gasteiger partial charge in [-0.25, -0.2) is 4.98 Å². The predicted molar refractivity (Wildman–Crippen MR) is 89.2 cm³/mol. The van der Waals surface area contributed by atoms with Crippen molar-refractivity contribution in [1.29, 1.82) is 0 Å². The van der Waals surface area contributed by atoms with Gasteiger partial charge in [-0.2, -0.15) is 0 Å². The molecule has 0 amide bonds. The molecule has 0 aliphatic carbocycles. The molecule has 2 N–H and O–H groups in total. The number of nitrogens with zero attached hydrogens (tertiary/aromatic N) is 1. The lowest BCUT2D eigenvalue weighted by atomic mass is 9.95. The topological polar surface area (TPSA) is 45.1 Å². The van der Waals surface area contributed by atoms with Crippen LogP contribution in [-0.2, 0) is 0 Å². The van der Waals surface area contributed by atoms with Crippen molar-refractivity contribution in [3.63, 3.8) is 0 Å². The summed E-state index contributed by atoms with van der Waals surface area (Å²) in [5.74, 6) is 0.311. The van der Waals surface area contributed by atoms with E-state index in [4.69, 9.17) is 0 Å². The number of benzene rings is 1. The van der Waals surface area contributed by atoms with Crippen LogP contribution in [0, 0.1) is 0 Å². The number of rotatable bonds is 7. The number of aliphatic hydroxyl groups excluding tert-OH is 1. The van der Waals surface area contributed by atoms with Gasteiger partial charge in [-0.1, -0.05) is 36.4 Å². The van der Waals surface area contributed by atoms with Crippen LogP contribution in [0.1, 0.15) is 36.6 Å². The van der Waals surface area contributed by atoms with Crippen molar-refractivity contribution in [1.82, 2.24) is 10.3 Å². The third kappa shape index (κ3) is 4.92. The smallest absolute Gasteiger partial charge is 0.106 e. The SMILES string of the molecule is C[C@H](NC[C@@H](CCO)c1ccccc1)c1cccc(Br)n1. The molecule has 2 rings (SSSR count). The largest absolute Gasteiger partial charge is 0.396 e. The monoisotopic (exact) mass is 348 g/mol. The van der Waals surface area contributed by atoms with Crippen molar-refractivity contribution in [2.24, 2.45) is 0 Å². The second kappa shape index (κ2) is 8.27. The van der Waals surface area contributed by atoms with Crippen LogP contribution in [-0.4, -0.2) is 23.2 Å². The quantitative estimate of drug-likeness (QED) is 0.750. The van der Waals surface area contributed by atoms with Crippen LogP contribution in [0.5, 0.6) is 0 Å². The molecular weight excluding hydrogens is 328 g/mol. The summed E-state index contributed by atoms with van der Waals surface area (Å²) in [7, 11) is 0. The second-order valence-electron chi connectivity index (χ2n) is 5.14. The van der Waals surface area contributed by atoms with E-state index in [-0.39, 0.29) is 12.6 Å². The zero-order valence-corrected chi connectivity index (χ0v) is 13.8. The van der Waals surface area contributed by atoms with Crippen molar-refractivity contribution in [3.8, 4) is 0 Å². The van der Waals surface area contributed by atoms with Crippen LogP contribution < -0.4 is 5.32 Å². The van der Waals surface area contributed by atoms with Gasteiger partial charge in [0.1, 0.15) is 4.60 Å². The van der Waals surface area contributed by atoms with Gasteiger partial charge in [0.15, 0.2) is 0 Å². The van der Waals surface area contributed by atoms with E-state index < -0.39 is 0 Å². The number of aromatic nitrogens is 1. The molecule has 0 fully saturated rings. The average Bonchev–Trinajstić information content (AvgIpc) is 2.52. The van der Waals surface area contributed by atoms with Gasteiger partial charge in [0, 0.05) is 19.2 Å². The first-order valence-electron chi connectivity index (χ1n) is 7.22. The van der Waals surface area contributed by atoms with E-state index in [9.17, 15) is 5.11 Å². The van der Waals surface area contributed by atoms with Gasteiger partial charge in [-0.05, 0) is 52.9 Å². The fraction of sp³-hybridized carbons (Fsp3) is 0.353. The van der Waals surface area contributed by atoms with Gasteiger partial charge >= 0.3 is 0 Å². The molecule has 1 heterocycles. The average molecular weight is 349 g/mol. The Labute approximate surface area is 134 Å². The molecule has 0 saturated carbocycles. The fourth-order valence-electron chi connectivity index (χ4n) is 2.36. The Kier molecular flexibility index (Phi) is 6.36. The van der Waals surface area contributed by atoms with Crippen LogP contribution >= 0.6 is 15.9 Å². The van der Waals surface area contributed by atoms with Crippen molar-refractivity contribution < 1.29 is 5.11 Å². The van der Waals surface area contributed by atoms with E-state index in [1.807, 2.05) is 36.4 Å². The lowest BCUT2D eigenvalue weighted by Crippen LogP contribution is -2.26. The maximum atomic E-state index is 9.27. The van der Waals surface area contributed by atoms with Crippen LogP contribution in [0.15, 0.2) is 53.1 Å². The highest BCUT2D eigenvalue weighted by Gasteiger charge is 2.13. The summed E-state index contributed by atoms with van der Waals surface area (Å²) < 4.78 is 0.851. The van der Waals surface area contributed by atoms with Gasteiger partial charge in [0.2, 0.25) is 0 Å². The Bertz CT molecular complexity index is 547. The second-order valence-corrected chi connectivity index (χ2v) is 5.95. The molecule has 0 unspecified atom stereocenters. The summed E-state index contributed by atoms with van der Waals surface area (Å²) in [5.41, 5.74) is 2.27. The van der Waals surface area contributed by atoms with Crippen molar-refractivity contribution in [3.05, 3.63) is 64.4 Å². The van der Waals surface area contributed by atoms with E-state index in [2.05, 4.69) is 45.3 Å². The molecule has 1 aromatic carbocycles. The van der Waals surface area contributed by atoms with E-state index in [1.54, 1.807) is 0 Å². The third-order valence-corrected chi connectivity index (χ3v) is 4.04. The molecule has 0 radical (unpaired) electrons. The molecule has 2 atom stereocenters. The first-order valence-corrected chi connectivity index (χ1v) is 8.01. The molecule has 2 aromatic rings. The van der Waals surface area contributed by atoms with Crippen LogP contribution in [0.3, 0.4) is 0 Å². The van der Waals surface area contributed by atoms with Crippen LogP contribution in [0.2, 0.25) is 0 Å². The van der Waals surface area contributed by atoms with E-state index in [1.165, 1.54) is 5.56 Å². The van der Waals surface area contributed by atoms with Crippen molar-refractivity contribution in [2.75, 3.05) is 13.2 Å². The van der Waals surface area contributed by atoms with E-state index >= 15 is 0 Å². The van der Waals surface area contributed by atoms with Gasteiger partial charge < -0.3 is 10.4 Å². The van der Waals surface area contributed by atoms with E-state index in [0.717, 1.165) is 23.3 Å². The lowest BCUT2D eigenvalue weighted by Gasteiger charge is -2.20. The molecule has 1 aromatic heterocycles. The Morgan fingerprint density at radius 2 is 1.90 bits per heavy atom. The standard InChI is InChI=1S/C17H21BrN2O/c1-13(16-8-5-9-17(18)20-16)19-12-15(10-11-21)14-6-3-2-4-7-14/h2-9,13,15,19,21H,10-12H2,1H3/t13-,15+/m0/s1. The minimum Gasteiger partial charge on any atom is -0.396 e. The molecule has 21 heavy (non-hydrogen) atoms. The molecule has 4 heteroatoms. The normalized spacial score (nSPS) is 13.9. The number of aliphatic hydroxyl groups is 1. The molecule has 0 aliphatic heterocycles. The highest BCUT2D eigenvalue weighted by molar-refractivity contribution is 9.10. The summed E-state index contributed by atoms with van der Waals surface area (Å²) in [5, 5.41) is 12.8. The number of halogens is 1. The molecule has 3 nitrogen and oxygen atoms in total. The Hall–Kier alpha value is -1.23. The molecule has 0 bridgehead atoms. The first kappa shape index (κ1) is 16.1. The first-order chi connectivity index (χ1) is 10.2. The lowest BCUT2D eigenvalue weighted by molar-refractivity contribution is 0.272. The molecule has 0 spiro atoms. The maximum absolute atomic E-state index is 9.27. The van der Waals surface area contributed by atoms with Gasteiger partial charge in [-0.15, -0.1) is 0 Å². The third-order valence-electron chi connectivity index (χ3n) is 3.60. The summed E-state index contributed by atoms with van der Waals surface area (Å²) in [6.45, 7) is 3.13. The van der Waals surface area contributed by atoms with Gasteiger partial charge in [-0.3, -0.25) is 0 Å². The molecule has 112 valence electrons. The van der Waals surface area contributed by atoms with Crippen LogP contribution in [0.4, 0.5) is 0 Å². The zero-order chi connectivity index (χ0) is 15.1. The Balaban J connectivity index is 1.98. The molecular formula is C17H21BrN2O. The summed E-state index contributed by atoms with van der Waals surface area (Å²) >= 11 is 3.40. The highest BCUT2D eigenvalue weighted by atomic mass is 79.9. The predicted octanol–water partition coefficient (Wildman–Crippen LogP) is 3.66. The number of hydrogen-bond donors (Lipinski definition) is 2. The number of nitrogens with one attached hydrogen (secondary N) is 1. The van der Waals surface area contributed by atoms with Crippen LogP contribution in [0.25, 0.3) is 0 Å². The van der Waals surface area contributed by atoms with Gasteiger partial charge in [0.25, 0.3) is 0 Å². The fourth-order valence-corrected chi connectivity index (χ4v) is 2.71. The molecule has 0 saturated heterocycles. The van der Waals surface area contributed by atoms with Gasteiger partial charge in [0.05, 0.1) is 5.69 Å². The minimum atomic E-state index is 0.174. The molecule has 0 aliphatic rings. The van der Waals surface area contributed by atoms with E-state index in [0.29, 0.717) is 5.92 Å². The number of hydrogen-bond acceptors (Lipinski definition) is 3. The Morgan fingerprint density at radius 1 is 1.14 bits per heavy atom. The zero-order valence-electron chi connectivity index (χ0n) is 12.2. The summed E-state index contributed by atoms with van der Waals surface area (Å²) in [6, 6.07) is 16.4. The van der Waals surface area contributed by atoms with Crippen molar-refractivity contribution in [2.45, 2.75) is 25.3 Å². The summed E-state index contributed by atoms with van der Waals surface area (Å²) in [4.78, 5) is 4.47. The highest BCUT2D eigenvalue weighted by Crippen LogP contribution is 2.20.